The summed E-state index contributed by atoms with van der Waals surface area (Å²) < 4.78 is 0. The van der Waals surface area contributed by atoms with Gasteiger partial charge in [0.25, 0.3) is 0 Å². The van der Waals surface area contributed by atoms with Crippen LogP contribution in [0, 0.1) is 0 Å². The van der Waals surface area contributed by atoms with Crippen molar-refractivity contribution in [2.45, 2.75) is 32.1 Å². The quantitative estimate of drug-likeness (QED) is 0.689. The van der Waals surface area contributed by atoms with E-state index in [4.69, 9.17) is 0 Å². The standard InChI is InChI=1S/C8H16N2Si/c1-11(2,3)7-5-8-4-6-9-10-8/h4,6H,5,7H2,1-3H3,(H,9,10). The molecule has 1 N–H and O–H groups in total. The Morgan fingerprint density at radius 3 is 2.64 bits per heavy atom. The number of hydrogen-bond acceptors (Lipinski definition) is 1. The molecule has 1 rings (SSSR count). The molecule has 0 aliphatic heterocycles. The van der Waals surface area contributed by atoms with Gasteiger partial charge in [-0.05, 0) is 12.5 Å². The first-order valence-corrected chi connectivity index (χ1v) is 7.77. The van der Waals surface area contributed by atoms with Crippen LogP contribution in [0.5, 0.6) is 0 Å². The first-order chi connectivity index (χ1) is 5.08. The van der Waals surface area contributed by atoms with Crippen LogP contribution in [0.25, 0.3) is 0 Å². The van der Waals surface area contributed by atoms with Gasteiger partial charge in [0.05, 0.1) is 0 Å². The minimum atomic E-state index is -0.861. The van der Waals surface area contributed by atoms with Gasteiger partial charge in [0.2, 0.25) is 0 Å². The maximum absolute atomic E-state index is 3.91. The van der Waals surface area contributed by atoms with Crippen LogP contribution in [0.15, 0.2) is 12.3 Å². The minimum absolute atomic E-state index is 0.861. The molecule has 0 aromatic carbocycles. The van der Waals surface area contributed by atoms with E-state index in [0.29, 0.717) is 0 Å². The first-order valence-electron chi connectivity index (χ1n) is 4.06. The van der Waals surface area contributed by atoms with Crippen LogP contribution < -0.4 is 0 Å². The van der Waals surface area contributed by atoms with Gasteiger partial charge in [-0.15, -0.1) is 0 Å². The van der Waals surface area contributed by atoms with Crippen LogP contribution in [-0.2, 0) is 6.42 Å². The largest absolute Gasteiger partial charge is 0.283 e. The Hall–Kier alpha value is -0.573. The van der Waals surface area contributed by atoms with Crippen molar-refractivity contribution < 1.29 is 0 Å². The lowest BCUT2D eigenvalue weighted by Gasteiger charge is -2.13. The Balaban J connectivity index is 2.35. The van der Waals surface area contributed by atoms with Crippen LogP contribution in [0.2, 0.25) is 25.7 Å². The predicted molar refractivity (Wildman–Crippen MR) is 50.4 cm³/mol. The highest BCUT2D eigenvalue weighted by Gasteiger charge is 2.12. The van der Waals surface area contributed by atoms with Gasteiger partial charge in [-0.2, -0.15) is 5.10 Å². The molecule has 0 saturated carbocycles. The van der Waals surface area contributed by atoms with Gasteiger partial charge in [-0.25, -0.2) is 0 Å². The van der Waals surface area contributed by atoms with Crippen LogP contribution in [-0.4, -0.2) is 18.3 Å². The van der Waals surface area contributed by atoms with Crippen LogP contribution in [0.3, 0.4) is 0 Å². The summed E-state index contributed by atoms with van der Waals surface area (Å²) in [5.74, 6) is 0. The Morgan fingerprint density at radius 2 is 2.18 bits per heavy atom. The summed E-state index contributed by atoms with van der Waals surface area (Å²) in [6.45, 7) is 7.18. The van der Waals surface area contributed by atoms with E-state index in [2.05, 4.69) is 35.9 Å². The van der Waals surface area contributed by atoms with Crippen LogP contribution in [0.1, 0.15) is 5.69 Å². The second-order valence-electron chi connectivity index (χ2n) is 4.14. The first kappa shape index (κ1) is 8.52. The predicted octanol–water partition coefficient (Wildman–Crippen LogP) is 2.29. The van der Waals surface area contributed by atoms with Gasteiger partial charge >= 0.3 is 0 Å². The molecule has 62 valence electrons. The fraction of sp³-hybridized carbons (Fsp3) is 0.625. The van der Waals surface area contributed by atoms with Gasteiger partial charge < -0.3 is 0 Å². The number of rotatable bonds is 3. The summed E-state index contributed by atoms with van der Waals surface area (Å²) in [4.78, 5) is 0. The fourth-order valence-corrected chi connectivity index (χ4v) is 1.95. The molecule has 0 bridgehead atoms. The maximum Gasteiger partial charge on any atom is 0.0490 e. The van der Waals surface area contributed by atoms with Gasteiger partial charge in [0.15, 0.2) is 0 Å². The highest BCUT2D eigenvalue weighted by molar-refractivity contribution is 6.76. The summed E-state index contributed by atoms with van der Waals surface area (Å²) in [6.07, 6.45) is 2.98. The van der Waals surface area contributed by atoms with Gasteiger partial charge in [-0.3, -0.25) is 5.10 Å². The third kappa shape index (κ3) is 3.37. The topological polar surface area (TPSA) is 28.7 Å². The van der Waals surface area contributed by atoms with Crippen LogP contribution in [0.4, 0.5) is 0 Å². The number of aromatic nitrogens is 2. The molecule has 0 aliphatic rings. The molecule has 1 heterocycles. The molecule has 0 amide bonds. The number of nitrogens with zero attached hydrogens (tertiary/aromatic N) is 1. The normalized spacial score (nSPS) is 11.9. The van der Waals surface area contributed by atoms with E-state index < -0.39 is 8.07 Å². The molecule has 11 heavy (non-hydrogen) atoms. The lowest BCUT2D eigenvalue weighted by atomic mass is 10.3. The smallest absolute Gasteiger partial charge is 0.0490 e. The van der Waals surface area contributed by atoms with E-state index in [1.807, 2.05) is 6.20 Å². The molecule has 3 heteroatoms. The molecule has 0 aliphatic carbocycles. The van der Waals surface area contributed by atoms with Crippen molar-refractivity contribution in [2.24, 2.45) is 0 Å². The summed E-state index contributed by atoms with van der Waals surface area (Å²) in [6, 6.07) is 3.40. The van der Waals surface area contributed by atoms with Crippen molar-refractivity contribution in [2.75, 3.05) is 0 Å². The summed E-state index contributed by atoms with van der Waals surface area (Å²) in [7, 11) is -0.861. The Kier molecular flexibility index (Phi) is 2.49. The third-order valence-electron chi connectivity index (χ3n) is 1.70. The average molecular weight is 168 g/mol. The molecular weight excluding hydrogens is 152 g/mol. The fourth-order valence-electron chi connectivity index (χ4n) is 0.934. The molecule has 1 aromatic rings. The number of aryl methyl sites for hydroxylation is 1. The minimum Gasteiger partial charge on any atom is -0.283 e. The Morgan fingerprint density at radius 1 is 1.45 bits per heavy atom. The van der Waals surface area contributed by atoms with Crippen molar-refractivity contribution in [3.05, 3.63) is 18.0 Å². The summed E-state index contributed by atoms with van der Waals surface area (Å²) >= 11 is 0. The monoisotopic (exact) mass is 168 g/mol. The average Bonchev–Trinajstić information content (AvgIpc) is 2.32. The SMILES string of the molecule is C[Si](C)(C)CCc1ccn[nH]1. The van der Waals surface area contributed by atoms with Crippen LogP contribution >= 0.6 is 0 Å². The molecule has 2 nitrogen and oxygen atoms in total. The zero-order chi connectivity index (χ0) is 8.32. The molecule has 0 fully saturated rings. The highest BCUT2D eigenvalue weighted by atomic mass is 28.3. The van der Waals surface area contributed by atoms with E-state index in [9.17, 15) is 0 Å². The van der Waals surface area contributed by atoms with E-state index in [0.717, 1.165) is 6.42 Å². The third-order valence-corrected chi connectivity index (χ3v) is 3.45. The number of aromatic amines is 1. The molecule has 0 atom stereocenters. The molecule has 1 aromatic heterocycles. The Labute approximate surface area is 69.0 Å². The second-order valence-corrected chi connectivity index (χ2v) is 9.76. The number of hydrogen-bond donors (Lipinski definition) is 1. The summed E-state index contributed by atoms with van der Waals surface area (Å²) in [5, 5.41) is 6.90. The molecule has 0 radical (unpaired) electrons. The van der Waals surface area contributed by atoms with Crippen molar-refractivity contribution in [1.82, 2.24) is 10.2 Å². The van der Waals surface area contributed by atoms with Gasteiger partial charge in [0.1, 0.15) is 0 Å². The Bertz CT molecular complexity index is 198. The molecule has 0 unspecified atom stereocenters. The van der Waals surface area contributed by atoms with E-state index >= 15 is 0 Å². The molecule has 0 spiro atoms. The van der Waals surface area contributed by atoms with E-state index in [-0.39, 0.29) is 0 Å². The maximum atomic E-state index is 3.91. The lowest BCUT2D eigenvalue weighted by molar-refractivity contribution is 0.961. The van der Waals surface area contributed by atoms with Gasteiger partial charge in [-0.1, -0.05) is 25.7 Å². The lowest BCUT2D eigenvalue weighted by Crippen LogP contribution is -2.19. The second kappa shape index (κ2) is 3.22. The molecule has 0 saturated heterocycles. The van der Waals surface area contributed by atoms with Crippen molar-refractivity contribution >= 4 is 8.07 Å². The number of H-pyrrole nitrogens is 1. The number of nitrogens with one attached hydrogen (secondary N) is 1. The molecular formula is C8H16N2Si. The van der Waals surface area contributed by atoms with E-state index in [1.165, 1.54) is 11.7 Å². The van der Waals surface area contributed by atoms with Crippen molar-refractivity contribution in [1.29, 1.82) is 0 Å². The van der Waals surface area contributed by atoms with Gasteiger partial charge in [0, 0.05) is 20.0 Å². The van der Waals surface area contributed by atoms with Crippen molar-refractivity contribution in [3.63, 3.8) is 0 Å². The zero-order valence-corrected chi connectivity index (χ0v) is 8.52. The summed E-state index contributed by atoms with van der Waals surface area (Å²) in [5.41, 5.74) is 1.27. The zero-order valence-electron chi connectivity index (χ0n) is 7.52. The highest BCUT2D eigenvalue weighted by Crippen LogP contribution is 2.11. The van der Waals surface area contributed by atoms with E-state index in [1.54, 1.807) is 0 Å². The van der Waals surface area contributed by atoms with Crippen molar-refractivity contribution in [3.8, 4) is 0 Å².